The summed E-state index contributed by atoms with van der Waals surface area (Å²) in [6.07, 6.45) is 2.87. The lowest BCUT2D eigenvalue weighted by Gasteiger charge is -2.34. The molecule has 0 aliphatic carbocycles. The van der Waals surface area contributed by atoms with Gasteiger partial charge in [-0.15, -0.1) is 5.10 Å². The second-order valence-electron chi connectivity index (χ2n) is 9.97. The Kier molecular flexibility index (Phi) is 7.59. The van der Waals surface area contributed by atoms with Crippen LogP contribution in [0.4, 0.5) is 0 Å². The molecule has 1 saturated heterocycles. The summed E-state index contributed by atoms with van der Waals surface area (Å²) in [4.78, 5) is 2.69. The highest BCUT2D eigenvalue weighted by Crippen LogP contribution is 2.25. The maximum atomic E-state index is 13.1. The maximum absolute atomic E-state index is 13.1. The van der Waals surface area contributed by atoms with E-state index in [4.69, 9.17) is 4.74 Å². The minimum atomic E-state index is -3.46. The van der Waals surface area contributed by atoms with E-state index < -0.39 is 10.0 Å². The van der Waals surface area contributed by atoms with E-state index in [1.807, 2.05) is 47.3 Å². The molecule has 0 spiro atoms. The van der Waals surface area contributed by atoms with E-state index in [9.17, 15) is 8.42 Å². The molecule has 2 heterocycles. The first-order valence-electron chi connectivity index (χ1n) is 12.0. The zero-order valence-electron chi connectivity index (χ0n) is 21.0. The summed E-state index contributed by atoms with van der Waals surface area (Å²) in [7, 11) is -1.82. The number of benzene rings is 2. The van der Waals surface area contributed by atoms with Crippen LogP contribution in [0.3, 0.4) is 0 Å². The number of hydrogen-bond donors (Lipinski definition) is 0. The molecule has 0 saturated carbocycles. The SMILES string of the molecule is COc1cccc(-c2cn(CCCN3CCN(S(=O)(=O)c4ccc(C(C)(C)C)cc4)CC3)nn2)c1. The van der Waals surface area contributed by atoms with Crippen LogP contribution in [0.5, 0.6) is 5.75 Å². The Morgan fingerprint density at radius 2 is 1.69 bits per heavy atom. The van der Waals surface area contributed by atoms with Gasteiger partial charge in [0.2, 0.25) is 10.0 Å². The van der Waals surface area contributed by atoms with Gasteiger partial charge in [0, 0.05) is 44.8 Å². The van der Waals surface area contributed by atoms with Crippen molar-refractivity contribution in [2.24, 2.45) is 0 Å². The van der Waals surface area contributed by atoms with Gasteiger partial charge in [-0.05, 0) is 41.7 Å². The minimum absolute atomic E-state index is 0.00316. The summed E-state index contributed by atoms with van der Waals surface area (Å²) < 4.78 is 34.9. The number of hydrogen-bond acceptors (Lipinski definition) is 6. The molecule has 1 aliphatic heterocycles. The van der Waals surface area contributed by atoms with Crippen molar-refractivity contribution in [1.82, 2.24) is 24.2 Å². The van der Waals surface area contributed by atoms with Gasteiger partial charge >= 0.3 is 0 Å². The van der Waals surface area contributed by atoms with Crippen molar-refractivity contribution in [3.63, 3.8) is 0 Å². The van der Waals surface area contributed by atoms with Gasteiger partial charge in [0.05, 0.1) is 18.2 Å². The van der Waals surface area contributed by atoms with E-state index in [-0.39, 0.29) is 5.41 Å². The molecule has 0 bridgehead atoms. The van der Waals surface area contributed by atoms with E-state index in [2.05, 4.69) is 36.0 Å². The third-order valence-electron chi connectivity index (χ3n) is 6.46. The van der Waals surface area contributed by atoms with Crippen molar-refractivity contribution in [2.45, 2.75) is 44.0 Å². The molecule has 0 amide bonds. The lowest BCUT2D eigenvalue weighted by molar-refractivity contribution is 0.183. The van der Waals surface area contributed by atoms with E-state index in [1.54, 1.807) is 23.5 Å². The summed E-state index contributed by atoms with van der Waals surface area (Å²) in [5, 5.41) is 8.53. The number of aryl methyl sites for hydroxylation is 1. The van der Waals surface area contributed by atoms with Gasteiger partial charge in [-0.1, -0.05) is 50.3 Å². The third kappa shape index (κ3) is 6.09. The Balaban J connectivity index is 1.26. The number of ether oxygens (including phenoxy) is 1. The fourth-order valence-electron chi connectivity index (χ4n) is 4.25. The number of nitrogens with zero attached hydrogens (tertiary/aromatic N) is 5. The molecule has 9 heteroatoms. The zero-order chi connectivity index (χ0) is 25.1. The standard InChI is InChI=1S/C26H35N5O3S/c1-26(2,3)22-9-11-24(12-10-22)35(32,33)31-17-15-29(16-18-31)13-6-14-30-20-25(27-28-30)21-7-5-8-23(19-21)34-4/h5,7-12,19-20H,6,13-18H2,1-4H3. The fourth-order valence-corrected chi connectivity index (χ4v) is 5.67. The Morgan fingerprint density at radius 1 is 0.971 bits per heavy atom. The lowest BCUT2D eigenvalue weighted by atomic mass is 9.87. The van der Waals surface area contributed by atoms with E-state index in [0.717, 1.165) is 55.2 Å². The lowest BCUT2D eigenvalue weighted by Crippen LogP contribution is -2.48. The molecule has 188 valence electrons. The van der Waals surface area contributed by atoms with Crippen LogP contribution in [0.15, 0.2) is 59.6 Å². The normalized spacial score (nSPS) is 15.9. The molecule has 0 unspecified atom stereocenters. The van der Waals surface area contributed by atoms with Gasteiger partial charge in [0.15, 0.2) is 0 Å². The summed E-state index contributed by atoms with van der Waals surface area (Å²) in [6, 6.07) is 15.1. The number of piperazine rings is 1. The number of sulfonamides is 1. The molecular formula is C26H35N5O3S. The topological polar surface area (TPSA) is 80.6 Å². The van der Waals surface area contributed by atoms with Crippen LogP contribution in [-0.2, 0) is 22.0 Å². The fraction of sp³-hybridized carbons (Fsp3) is 0.462. The third-order valence-corrected chi connectivity index (χ3v) is 8.37. The molecule has 0 radical (unpaired) electrons. The molecule has 35 heavy (non-hydrogen) atoms. The minimum Gasteiger partial charge on any atom is -0.497 e. The highest BCUT2D eigenvalue weighted by Gasteiger charge is 2.28. The molecular weight excluding hydrogens is 462 g/mol. The van der Waals surface area contributed by atoms with Crippen LogP contribution in [0, 0.1) is 0 Å². The molecule has 3 aromatic rings. The van der Waals surface area contributed by atoms with Crippen molar-refractivity contribution in [2.75, 3.05) is 39.8 Å². The molecule has 8 nitrogen and oxygen atoms in total. The van der Waals surface area contributed by atoms with E-state index in [0.29, 0.717) is 18.0 Å². The largest absolute Gasteiger partial charge is 0.497 e. The predicted molar refractivity (Wildman–Crippen MR) is 137 cm³/mol. The van der Waals surface area contributed by atoms with Crippen molar-refractivity contribution in [3.8, 4) is 17.0 Å². The first kappa shape index (κ1) is 25.3. The Bertz CT molecular complexity index is 1220. The molecule has 0 atom stereocenters. The smallest absolute Gasteiger partial charge is 0.243 e. The summed E-state index contributed by atoms with van der Waals surface area (Å²) in [5.41, 5.74) is 2.92. The van der Waals surface area contributed by atoms with Crippen molar-refractivity contribution in [3.05, 3.63) is 60.3 Å². The van der Waals surface area contributed by atoms with Crippen LogP contribution in [0.1, 0.15) is 32.8 Å². The van der Waals surface area contributed by atoms with Gasteiger partial charge in [-0.2, -0.15) is 4.31 Å². The average Bonchev–Trinajstić information content (AvgIpc) is 3.33. The van der Waals surface area contributed by atoms with Crippen LogP contribution >= 0.6 is 0 Å². The van der Waals surface area contributed by atoms with Crippen molar-refractivity contribution >= 4 is 10.0 Å². The van der Waals surface area contributed by atoms with Crippen molar-refractivity contribution in [1.29, 1.82) is 0 Å². The summed E-state index contributed by atoms with van der Waals surface area (Å²) in [6.45, 7) is 10.5. The van der Waals surface area contributed by atoms with Gasteiger partial charge < -0.3 is 9.64 Å². The number of aromatic nitrogens is 3. The first-order chi connectivity index (χ1) is 16.7. The second kappa shape index (κ2) is 10.5. The van der Waals surface area contributed by atoms with E-state index in [1.165, 1.54) is 0 Å². The number of methoxy groups -OCH3 is 1. The molecule has 2 aromatic carbocycles. The van der Waals surface area contributed by atoms with Gasteiger partial charge in [0.25, 0.3) is 0 Å². The first-order valence-corrected chi connectivity index (χ1v) is 13.5. The molecule has 1 aromatic heterocycles. The molecule has 1 aliphatic rings. The van der Waals surface area contributed by atoms with Crippen molar-refractivity contribution < 1.29 is 13.2 Å². The van der Waals surface area contributed by atoms with Crippen LogP contribution < -0.4 is 4.74 Å². The van der Waals surface area contributed by atoms with Crippen LogP contribution in [0.25, 0.3) is 11.3 Å². The van der Waals surface area contributed by atoms with Gasteiger partial charge in [-0.3, -0.25) is 4.68 Å². The Morgan fingerprint density at radius 3 is 2.34 bits per heavy atom. The molecule has 4 rings (SSSR count). The quantitative estimate of drug-likeness (QED) is 0.473. The second-order valence-corrected chi connectivity index (χ2v) is 11.9. The predicted octanol–water partition coefficient (Wildman–Crippen LogP) is 3.65. The Hall–Kier alpha value is -2.75. The van der Waals surface area contributed by atoms with Crippen LogP contribution in [0.2, 0.25) is 0 Å². The van der Waals surface area contributed by atoms with Crippen LogP contribution in [-0.4, -0.2) is 72.5 Å². The Labute approximate surface area is 208 Å². The summed E-state index contributed by atoms with van der Waals surface area (Å²) >= 11 is 0. The molecule has 1 fully saturated rings. The van der Waals surface area contributed by atoms with Gasteiger partial charge in [-0.25, -0.2) is 8.42 Å². The number of rotatable bonds is 8. The summed E-state index contributed by atoms with van der Waals surface area (Å²) in [5.74, 6) is 0.792. The molecule has 0 N–H and O–H groups in total. The highest BCUT2D eigenvalue weighted by atomic mass is 32.2. The highest BCUT2D eigenvalue weighted by molar-refractivity contribution is 7.89. The van der Waals surface area contributed by atoms with E-state index >= 15 is 0 Å². The zero-order valence-corrected chi connectivity index (χ0v) is 21.8. The average molecular weight is 498 g/mol. The monoisotopic (exact) mass is 497 g/mol. The van der Waals surface area contributed by atoms with Gasteiger partial charge in [0.1, 0.15) is 11.4 Å². The maximum Gasteiger partial charge on any atom is 0.243 e.